The van der Waals surface area contributed by atoms with Crippen LogP contribution in [0.25, 0.3) is 0 Å². The Morgan fingerprint density at radius 2 is 2.00 bits per heavy atom. The number of nitrogens with one attached hydrogen (secondary N) is 1. The molecule has 0 spiro atoms. The molecule has 6 nitrogen and oxygen atoms in total. The summed E-state index contributed by atoms with van der Waals surface area (Å²) in [6.45, 7) is 10.3. The average Bonchev–Trinajstić information content (AvgIpc) is 3.11. The number of hydrogen-bond donors (Lipinski definition) is 1. The fourth-order valence-electron chi connectivity index (χ4n) is 3.17. The van der Waals surface area contributed by atoms with E-state index in [1.165, 1.54) is 11.8 Å². The number of carbonyl (C=O) groups excluding carboxylic acids is 1. The number of amides is 1. The van der Waals surface area contributed by atoms with Crippen LogP contribution in [0.1, 0.15) is 30.0 Å². The molecule has 0 aliphatic rings. The first-order chi connectivity index (χ1) is 15.3. The topological polar surface area (TPSA) is 69.0 Å². The van der Waals surface area contributed by atoms with E-state index in [4.69, 9.17) is 16.3 Å². The van der Waals surface area contributed by atoms with E-state index < -0.39 is 0 Å². The molecule has 3 rings (SSSR count). The molecule has 1 unspecified atom stereocenters. The molecule has 168 valence electrons. The second-order valence-corrected chi connectivity index (χ2v) is 9.55. The Kier molecular flexibility index (Phi) is 8.39. The minimum absolute atomic E-state index is 0.161. The molecule has 0 saturated carbocycles. The Balaban J connectivity index is 1.69. The molecule has 0 bridgehead atoms. The normalized spacial score (nSPS) is 11.8. The van der Waals surface area contributed by atoms with Crippen molar-refractivity contribution in [3.05, 3.63) is 75.5 Å². The third kappa shape index (κ3) is 6.37. The van der Waals surface area contributed by atoms with Gasteiger partial charge in [-0.25, -0.2) is 0 Å². The van der Waals surface area contributed by atoms with Crippen LogP contribution in [0.3, 0.4) is 0 Å². The van der Waals surface area contributed by atoms with Crippen molar-refractivity contribution >= 4 is 50.9 Å². The SMILES string of the molecule is C=CCn1c(SCC(=O)Nc2ccc(Br)cc2Cl)nnc1C(C)Oc1cc(C)cc(C)c1. The molecule has 0 saturated heterocycles. The smallest absolute Gasteiger partial charge is 0.234 e. The number of benzene rings is 2. The van der Waals surface area contributed by atoms with Gasteiger partial charge in [0.2, 0.25) is 5.91 Å². The van der Waals surface area contributed by atoms with Crippen molar-refractivity contribution < 1.29 is 9.53 Å². The molecule has 32 heavy (non-hydrogen) atoms. The third-order valence-corrected chi connectivity index (χ3v) is 6.24. The van der Waals surface area contributed by atoms with Crippen molar-refractivity contribution in [1.82, 2.24) is 14.8 Å². The standard InChI is InChI=1S/C23H24BrClN4O2S/c1-5-8-29-22(16(4)31-18-10-14(2)9-15(3)11-18)27-28-23(29)32-13-21(30)26-20-7-6-17(24)12-19(20)25/h5-7,9-12,16H,1,8,13H2,2-4H3,(H,26,30). The first-order valence-corrected chi connectivity index (χ1v) is 12.1. The Bertz CT molecular complexity index is 1110. The number of rotatable bonds is 9. The summed E-state index contributed by atoms with van der Waals surface area (Å²) in [6, 6.07) is 11.4. The first-order valence-electron chi connectivity index (χ1n) is 9.93. The molecule has 0 radical (unpaired) electrons. The van der Waals surface area contributed by atoms with Gasteiger partial charge in [0.15, 0.2) is 17.1 Å². The van der Waals surface area contributed by atoms with Gasteiger partial charge in [0.25, 0.3) is 0 Å². The molecular formula is C23H24BrClN4O2S. The maximum Gasteiger partial charge on any atom is 0.234 e. The maximum atomic E-state index is 12.4. The molecule has 0 aliphatic heterocycles. The Morgan fingerprint density at radius 1 is 1.28 bits per heavy atom. The van der Waals surface area contributed by atoms with Crippen LogP contribution in [0.4, 0.5) is 5.69 Å². The molecule has 1 aromatic heterocycles. The molecule has 1 N–H and O–H groups in total. The number of aryl methyl sites for hydroxylation is 2. The van der Waals surface area contributed by atoms with Crippen LogP contribution in [0.2, 0.25) is 5.02 Å². The van der Waals surface area contributed by atoms with Crippen LogP contribution in [0, 0.1) is 13.8 Å². The van der Waals surface area contributed by atoms with E-state index in [1.807, 2.05) is 43.5 Å². The van der Waals surface area contributed by atoms with Crippen molar-refractivity contribution in [1.29, 1.82) is 0 Å². The highest BCUT2D eigenvalue weighted by molar-refractivity contribution is 9.10. The molecule has 3 aromatic rings. The minimum Gasteiger partial charge on any atom is -0.483 e. The lowest BCUT2D eigenvalue weighted by molar-refractivity contribution is -0.113. The van der Waals surface area contributed by atoms with Gasteiger partial charge in [-0.05, 0) is 62.2 Å². The van der Waals surface area contributed by atoms with Gasteiger partial charge < -0.3 is 10.1 Å². The van der Waals surface area contributed by atoms with Gasteiger partial charge >= 0.3 is 0 Å². The number of thioether (sulfide) groups is 1. The van der Waals surface area contributed by atoms with Gasteiger partial charge in [-0.1, -0.05) is 51.4 Å². The number of halogens is 2. The van der Waals surface area contributed by atoms with Crippen LogP contribution >= 0.6 is 39.3 Å². The highest BCUT2D eigenvalue weighted by atomic mass is 79.9. The predicted octanol–water partition coefficient (Wildman–Crippen LogP) is 6.37. The number of ether oxygens (including phenoxy) is 1. The number of allylic oxidation sites excluding steroid dienone is 1. The molecular weight excluding hydrogens is 512 g/mol. The van der Waals surface area contributed by atoms with Gasteiger partial charge in [-0.2, -0.15) is 0 Å². The molecule has 1 heterocycles. The molecule has 2 aromatic carbocycles. The summed E-state index contributed by atoms with van der Waals surface area (Å²) in [6.07, 6.45) is 1.44. The van der Waals surface area contributed by atoms with Crippen molar-refractivity contribution in [3.8, 4) is 5.75 Å². The maximum absolute atomic E-state index is 12.4. The predicted molar refractivity (Wildman–Crippen MR) is 134 cm³/mol. The third-order valence-electron chi connectivity index (χ3n) is 4.47. The summed E-state index contributed by atoms with van der Waals surface area (Å²) < 4.78 is 8.88. The first kappa shape index (κ1) is 24.4. The van der Waals surface area contributed by atoms with E-state index in [2.05, 4.69) is 44.1 Å². The van der Waals surface area contributed by atoms with Crippen LogP contribution in [0.15, 0.2) is 58.7 Å². The fourth-order valence-corrected chi connectivity index (χ4v) is 4.65. The van der Waals surface area contributed by atoms with Gasteiger partial charge in [-0.3, -0.25) is 9.36 Å². The minimum atomic E-state index is -0.326. The van der Waals surface area contributed by atoms with Crippen LogP contribution in [0.5, 0.6) is 5.75 Å². The Labute approximate surface area is 205 Å². The van der Waals surface area contributed by atoms with E-state index >= 15 is 0 Å². The van der Waals surface area contributed by atoms with E-state index in [9.17, 15) is 4.79 Å². The van der Waals surface area contributed by atoms with Gasteiger partial charge in [0.05, 0.1) is 16.5 Å². The number of anilines is 1. The Morgan fingerprint density at radius 3 is 2.66 bits per heavy atom. The van der Waals surface area contributed by atoms with Crippen molar-refractivity contribution in [2.45, 2.75) is 38.6 Å². The zero-order valence-corrected chi connectivity index (χ0v) is 21.2. The number of nitrogens with zero attached hydrogens (tertiary/aromatic N) is 3. The van der Waals surface area contributed by atoms with Crippen molar-refractivity contribution in [2.24, 2.45) is 0 Å². The highest BCUT2D eigenvalue weighted by Crippen LogP contribution is 2.28. The number of aromatic nitrogens is 3. The lowest BCUT2D eigenvalue weighted by Gasteiger charge is -2.16. The van der Waals surface area contributed by atoms with Crippen molar-refractivity contribution in [3.63, 3.8) is 0 Å². The summed E-state index contributed by atoms with van der Waals surface area (Å²) in [5.74, 6) is 1.42. The van der Waals surface area contributed by atoms with Gasteiger partial charge in [-0.15, -0.1) is 16.8 Å². The summed E-state index contributed by atoms with van der Waals surface area (Å²) in [4.78, 5) is 12.4. The van der Waals surface area contributed by atoms with Crippen molar-refractivity contribution in [2.75, 3.05) is 11.1 Å². The molecule has 0 fully saturated rings. The van der Waals surface area contributed by atoms with Gasteiger partial charge in [0, 0.05) is 11.0 Å². The zero-order valence-electron chi connectivity index (χ0n) is 18.1. The second-order valence-electron chi connectivity index (χ2n) is 7.28. The van der Waals surface area contributed by atoms with Crippen LogP contribution in [-0.4, -0.2) is 26.4 Å². The van der Waals surface area contributed by atoms with Crippen LogP contribution in [-0.2, 0) is 11.3 Å². The van der Waals surface area contributed by atoms with Gasteiger partial charge in [0.1, 0.15) is 5.75 Å². The van der Waals surface area contributed by atoms with E-state index in [1.54, 1.807) is 18.2 Å². The monoisotopic (exact) mass is 534 g/mol. The molecule has 1 amide bonds. The number of carbonyl (C=O) groups is 1. The summed E-state index contributed by atoms with van der Waals surface area (Å²) in [5.41, 5.74) is 2.82. The summed E-state index contributed by atoms with van der Waals surface area (Å²) in [7, 11) is 0. The largest absolute Gasteiger partial charge is 0.483 e. The van der Waals surface area contributed by atoms with E-state index in [0.717, 1.165) is 21.3 Å². The average molecular weight is 536 g/mol. The van der Waals surface area contributed by atoms with E-state index in [-0.39, 0.29) is 17.8 Å². The lowest BCUT2D eigenvalue weighted by atomic mass is 10.1. The number of hydrogen-bond acceptors (Lipinski definition) is 5. The highest BCUT2D eigenvalue weighted by Gasteiger charge is 2.20. The Hall–Kier alpha value is -2.29. The molecule has 0 aliphatic carbocycles. The molecule has 9 heteroatoms. The second kappa shape index (κ2) is 11.0. The lowest BCUT2D eigenvalue weighted by Crippen LogP contribution is -2.16. The fraction of sp³-hybridized carbons (Fsp3) is 0.261. The van der Waals surface area contributed by atoms with Crippen LogP contribution < -0.4 is 10.1 Å². The molecule has 1 atom stereocenters. The summed E-state index contributed by atoms with van der Waals surface area (Å²) in [5, 5.41) is 12.5. The summed E-state index contributed by atoms with van der Waals surface area (Å²) >= 11 is 10.8. The van der Waals surface area contributed by atoms with E-state index in [0.29, 0.717) is 28.2 Å². The quantitative estimate of drug-likeness (QED) is 0.255. The zero-order chi connectivity index (χ0) is 23.3.